The number of amides is 1. The smallest absolute Gasteiger partial charge is 0.265 e. The van der Waals surface area contributed by atoms with Crippen LogP contribution in [0.2, 0.25) is 0 Å². The fourth-order valence-corrected chi connectivity index (χ4v) is 0.975. The highest BCUT2D eigenvalue weighted by atomic mass is 16.4. The van der Waals surface area contributed by atoms with E-state index in [1.807, 2.05) is 0 Å². The third-order valence-corrected chi connectivity index (χ3v) is 1.80. The van der Waals surface area contributed by atoms with Crippen LogP contribution in [0.3, 0.4) is 0 Å². The Morgan fingerprint density at radius 3 is 2.62 bits per heavy atom. The van der Waals surface area contributed by atoms with Crippen LogP contribution in [0, 0.1) is 0 Å². The van der Waals surface area contributed by atoms with Gasteiger partial charge in [0.2, 0.25) is 0 Å². The van der Waals surface area contributed by atoms with Crippen LogP contribution < -0.4 is 5.32 Å². The van der Waals surface area contributed by atoms with E-state index in [4.69, 9.17) is 5.21 Å². The van der Waals surface area contributed by atoms with Crippen molar-refractivity contribution in [2.24, 2.45) is 5.16 Å². The summed E-state index contributed by atoms with van der Waals surface area (Å²) in [6.07, 6.45) is 0.849. The molecule has 0 heterocycles. The Hall–Kier alpha value is -1.10. The molecule has 5 nitrogen and oxygen atoms in total. The van der Waals surface area contributed by atoms with Crippen molar-refractivity contribution < 1.29 is 10.0 Å². The van der Waals surface area contributed by atoms with Crippen LogP contribution in [0.5, 0.6) is 0 Å². The Balaban J connectivity index is 3.48. The van der Waals surface area contributed by atoms with Gasteiger partial charge in [0, 0.05) is 13.1 Å². The molecule has 0 unspecified atom stereocenters. The quantitative estimate of drug-likeness (QED) is 0.347. The molecule has 0 aliphatic rings. The summed E-state index contributed by atoms with van der Waals surface area (Å²) in [6.45, 7) is 7.48. The maximum absolute atomic E-state index is 10.8. The second kappa shape index (κ2) is 7.54. The van der Waals surface area contributed by atoms with E-state index in [9.17, 15) is 4.79 Å². The zero-order valence-corrected chi connectivity index (χ0v) is 8.16. The number of nitrogens with one attached hydrogen (secondary N) is 1. The molecular weight excluding hydrogens is 170 g/mol. The lowest BCUT2D eigenvalue weighted by Crippen LogP contribution is -2.35. The standard InChI is InChI=1S/C8H17N3O2/c1-3-11(4-2)6-5-9-8(12)7-10-13/h7,13H,3-6H2,1-2H3,(H,9,12)/b10-7-. The minimum atomic E-state index is -0.366. The summed E-state index contributed by atoms with van der Waals surface area (Å²) in [6, 6.07) is 0. The van der Waals surface area contributed by atoms with Crippen molar-refractivity contribution in [1.29, 1.82) is 0 Å². The number of likely N-dealkylation sites (N-methyl/N-ethyl adjacent to an activating group) is 1. The van der Waals surface area contributed by atoms with E-state index in [1.54, 1.807) is 0 Å². The number of hydrogen-bond donors (Lipinski definition) is 2. The Kier molecular flexibility index (Phi) is 6.91. The summed E-state index contributed by atoms with van der Waals surface area (Å²) in [4.78, 5) is 13.0. The van der Waals surface area contributed by atoms with E-state index in [-0.39, 0.29) is 5.91 Å². The molecule has 13 heavy (non-hydrogen) atoms. The van der Waals surface area contributed by atoms with Gasteiger partial charge in [-0.3, -0.25) is 4.79 Å². The van der Waals surface area contributed by atoms with Crippen LogP contribution in [0.15, 0.2) is 5.16 Å². The monoisotopic (exact) mass is 187 g/mol. The summed E-state index contributed by atoms with van der Waals surface area (Å²) in [7, 11) is 0. The molecular formula is C8H17N3O2. The second-order valence-electron chi connectivity index (χ2n) is 2.56. The van der Waals surface area contributed by atoms with Gasteiger partial charge < -0.3 is 15.4 Å². The van der Waals surface area contributed by atoms with Crippen molar-refractivity contribution in [2.45, 2.75) is 13.8 Å². The minimum Gasteiger partial charge on any atom is -0.411 e. The highest BCUT2D eigenvalue weighted by molar-refractivity contribution is 6.25. The SMILES string of the molecule is CCN(CC)CCNC(=O)/C=N\O. The first kappa shape index (κ1) is 11.9. The van der Waals surface area contributed by atoms with Gasteiger partial charge >= 0.3 is 0 Å². The molecule has 0 aromatic rings. The van der Waals surface area contributed by atoms with Gasteiger partial charge in [-0.1, -0.05) is 19.0 Å². The van der Waals surface area contributed by atoms with E-state index in [0.717, 1.165) is 25.8 Å². The number of hydrogen-bond acceptors (Lipinski definition) is 4. The van der Waals surface area contributed by atoms with Gasteiger partial charge in [0.25, 0.3) is 5.91 Å². The molecule has 0 bridgehead atoms. The van der Waals surface area contributed by atoms with E-state index in [1.165, 1.54) is 0 Å². The fourth-order valence-electron chi connectivity index (χ4n) is 0.975. The Morgan fingerprint density at radius 2 is 2.15 bits per heavy atom. The summed E-state index contributed by atoms with van der Waals surface area (Å²) in [5, 5.41) is 13.3. The lowest BCUT2D eigenvalue weighted by atomic mass is 10.4. The number of carbonyl (C=O) groups excluding carboxylic acids is 1. The molecule has 5 heteroatoms. The summed E-state index contributed by atoms with van der Waals surface area (Å²) in [5.41, 5.74) is 0. The third kappa shape index (κ3) is 6.10. The molecule has 1 amide bonds. The van der Waals surface area contributed by atoms with Crippen LogP contribution >= 0.6 is 0 Å². The maximum atomic E-state index is 10.8. The molecule has 0 atom stereocenters. The van der Waals surface area contributed by atoms with E-state index in [2.05, 4.69) is 29.2 Å². The lowest BCUT2D eigenvalue weighted by Gasteiger charge is -2.17. The van der Waals surface area contributed by atoms with Crippen molar-refractivity contribution in [3.8, 4) is 0 Å². The molecule has 0 saturated carbocycles. The van der Waals surface area contributed by atoms with Crippen LogP contribution in [0.25, 0.3) is 0 Å². The summed E-state index contributed by atoms with van der Waals surface area (Å²) < 4.78 is 0. The van der Waals surface area contributed by atoms with Crippen LogP contribution in [0.4, 0.5) is 0 Å². The first-order valence-corrected chi connectivity index (χ1v) is 4.42. The first-order valence-electron chi connectivity index (χ1n) is 4.42. The number of rotatable bonds is 6. The normalized spacial score (nSPS) is 11.0. The minimum absolute atomic E-state index is 0.366. The molecule has 0 saturated heterocycles. The molecule has 0 aliphatic heterocycles. The second-order valence-corrected chi connectivity index (χ2v) is 2.56. The first-order chi connectivity index (χ1) is 6.24. The Labute approximate surface area is 78.4 Å². The van der Waals surface area contributed by atoms with E-state index < -0.39 is 0 Å². The van der Waals surface area contributed by atoms with Gasteiger partial charge in [0.15, 0.2) is 0 Å². The lowest BCUT2D eigenvalue weighted by molar-refractivity contribution is -0.114. The number of carbonyl (C=O) groups is 1. The zero-order valence-electron chi connectivity index (χ0n) is 8.16. The molecule has 0 spiro atoms. The molecule has 0 rings (SSSR count). The summed E-state index contributed by atoms with van der Waals surface area (Å²) in [5.74, 6) is -0.366. The zero-order chi connectivity index (χ0) is 10.1. The van der Waals surface area contributed by atoms with Gasteiger partial charge in [-0.25, -0.2) is 0 Å². The van der Waals surface area contributed by atoms with Crippen molar-refractivity contribution in [3.05, 3.63) is 0 Å². The van der Waals surface area contributed by atoms with E-state index in [0.29, 0.717) is 6.54 Å². The molecule has 0 fully saturated rings. The largest absolute Gasteiger partial charge is 0.411 e. The van der Waals surface area contributed by atoms with Crippen LogP contribution in [-0.2, 0) is 4.79 Å². The van der Waals surface area contributed by atoms with Crippen molar-refractivity contribution >= 4 is 12.1 Å². The van der Waals surface area contributed by atoms with Crippen molar-refractivity contribution in [2.75, 3.05) is 26.2 Å². The Bertz CT molecular complexity index is 167. The molecule has 0 radical (unpaired) electrons. The van der Waals surface area contributed by atoms with Crippen LogP contribution in [0.1, 0.15) is 13.8 Å². The number of nitrogens with zero attached hydrogens (tertiary/aromatic N) is 2. The average Bonchev–Trinajstić information content (AvgIpc) is 2.13. The predicted octanol–water partition coefficient (Wildman–Crippen LogP) is -0.0956. The van der Waals surface area contributed by atoms with Gasteiger partial charge in [-0.15, -0.1) is 0 Å². The average molecular weight is 187 g/mol. The van der Waals surface area contributed by atoms with Gasteiger partial charge in [-0.05, 0) is 13.1 Å². The van der Waals surface area contributed by atoms with Crippen molar-refractivity contribution in [3.63, 3.8) is 0 Å². The van der Waals surface area contributed by atoms with Gasteiger partial charge in [-0.2, -0.15) is 0 Å². The molecule has 76 valence electrons. The molecule has 2 N–H and O–H groups in total. The maximum Gasteiger partial charge on any atom is 0.265 e. The predicted molar refractivity (Wildman–Crippen MR) is 51.1 cm³/mol. The fraction of sp³-hybridized carbons (Fsp3) is 0.750. The topological polar surface area (TPSA) is 64.9 Å². The molecule has 0 aromatic carbocycles. The van der Waals surface area contributed by atoms with Crippen LogP contribution in [-0.4, -0.2) is 48.4 Å². The highest BCUT2D eigenvalue weighted by Gasteiger charge is 1.99. The number of oxime groups is 1. The Morgan fingerprint density at radius 1 is 1.54 bits per heavy atom. The third-order valence-electron chi connectivity index (χ3n) is 1.80. The van der Waals surface area contributed by atoms with Gasteiger partial charge in [0.1, 0.15) is 6.21 Å². The highest BCUT2D eigenvalue weighted by Crippen LogP contribution is 1.83. The van der Waals surface area contributed by atoms with Gasteiger partial charge in [0.05, 0.1) is 0 Å². The summed E-state index contributed by atoms with van der Waals surface area (Å²) >= 11 is 0. The molecule has 0 aromatic heterocycles. The van der Waals surface area contributed by atoms with Crippen molar-refractivity contribution in [1.82, 2.24) is 10.2 Å². The van der Waals surface area contributed by atoms with E-state index >= 15 is 0 Å². The molecule has 0 aliphatic carbocycles.